The maximum Gasteiger partial charge on any atom is 0.258 e. The van der Waals surface area contributed by atoms with Gasteiger partial charge in [-0.1, -0.05) is 12.1 Å². The molecular weight excluding hydrogens is 266 g/mol. The van der Waals surface area contributed by atoms with E-state index in [1.807, 2.05) is 28.9 Å². The summed E-state index contributed by atoms with van der Waals surface area (Å²) < 4.78 is 1.88. The molecule has 6 heteroatoms. The Bertz CT molecular complexity index is 676. The predicted molar refractivity (Wildman–Crippen MR) is 82.3 cm³/mol. The molecule has 3 rings (SSSR count). The van der Waals surface area contributed by atoms with Crippen LogP contribution in [0.15, 0.2) is 30.5 Å². The van der Waals surface area contributed by atoms with Crippen molar-refractivity contribution < 1.29 is 4.79 Å². The van der Waals surface area contributed by atoms with Crippen LogP contribution in [0.1, 0.15) is 28.4 Å². The Morgan fingerprint density at radius 1 is 1.48 bits per heavy atom. The third kappa shape index (κ3) is 2.33. The quantitative estimate of drug-likeness (QED) is 0.821. The molecule has 0 saturated heterocycles. The van der Waals surface area contributed by atoms with Crippen LogP contribution in [0.2, 0.25) is 0 Å². The number of aromatic nitrogens is 2. The molecule has 1 aromatic carbocycles. The van der Waals surface area contributed by atoms with Crippen LogP contribution in [-0.4, -0.2) is 41.2 Å². The second-order valence-electron chi connectivity index (χ2n) is 5.45. The van der Waals surface area contributed by atoms with Crippen molar-refractivity contribution in [2.45, 2.75) is 12.5 Å². The third-order valence-electron chi connectivity index (χ3n) is 3.73. The number of fused-ring (bicyclic) bond motifs is 1. The van der Waals surface area contributed by atoms with Crippen LogP contribution in [0.5, 0.6) is 0 Å². The number of carbonyl (C=O) groups is 1. The lowest BCUT2D eigenvalue weighted by atomic mass is 10.0. The predicted octanol–water partition coefficient (Wildman–Crippen LogP) is 1.57. The first-order valence-electron chi connectivity index (χ1n) is 6.96. The van der Waals surface area contributed by atoms with E-state index in [-0.39, 0.29) is 11.9 Å². The number of nitrogens with two attached hydrogens (primary N) is 1. The van der Waals surface area contributed by atoms with E-state index < -0.39 is 0 Å². The van der Waals surface area contributed by atoms with Crippen molar-refractivity contribution >= 4 is 17.4 Å². The summed E-state index contributed by atoms with van der Waals surface area (Å²) in [6, 6.07) is 7.94. The zero-order valence-electron chi connectivity index (χ0n) is 12.2. The molecule has 21 heavy (non-hydrogen) atoms. The lowest BCUT2D eigenvalue weighted by Gasteiger charge is -2.27. The summed E-state index contributed by atoms with van der Waals surface area (Å²) in [5.41, 5.74) is 8.33. The van der Waals surface area contributed by atoms with Crippen LogP contribution >= 0.6 is 0 Å². The van der Waals surface area contributed by atoms with E-state index in [4.69, 9.17) is 5.73 Å². The summed E-state index contributed by atoms with van der Waals surface area (Å²) in [5, 5.41) is 7.70. The molecule has 6 nitrogen and oxygen atoms in total. The van der Waals surface area contributed by atoms with Gasteiger partial charge >= 0.3 is 0 Å². The highest BCUT2D eigenvalue weighted by atomic mass is 16.2. The van der Waals surface area contributed by atoms with Crippen molar-refractivity contribution in [3.8, 4) is 0 Å². The Kier molecular flexibility index (Phi) is 3.29. The molecule has 1 atom stereocenters. The Hall–Kier alpha value is -2.50. The SMILES string of the molecule is CN(C)C(=O)c1cnn2c1NCCC2c1cccc(N)c1. The van der Waals surface area contributed by atoms with E-state index >= 15 is 0 Å². The summed E-state index contributed by atoms with van der Waals surface area (Å²) >= 11 is 0. The minimum Gasteiger partial charge on any atom is -0.399 e. The molecule has 0 aliphatic carbocycles. The highest BCUT2D eigenvalue weighted by Crippen LogP contribution is 2.32. The average molecular weight is 285 g/mol. The first-order chi connectivity index (χ1) is 10.1. The molecule has 0 saturated carbocycles. The van der Waals surface area contributed by atoms with Gasteiger partial charge in [0.2, 0.25) is 0 Å². The van der Waals surface area contributed by atoms with Gasteiger partial charge in [0.25, 0.3) is 5.91 Å². The number of rotatable bonds is 2. The molecule has 3 N–H and O–H groups in total. The van der Waals surface area contributed by atoms with E-state index in [1.165, 1.54) is 0 Å². The average Bonchev–Trinajstić information content (AvgIpc) is 2.90. The van der Waals surface area contributed by atoms with Gasteiger partial charge in [0.15, 0.2) is 0 Å². The normalized spacial score (nSPS) is 17.0. The summed E-state index contributed by atoms with van der Waals surface area (Å²) in [5.74, 6) is 0.740. The zero-order valence-corrected chi connectivity index (χ0v) is 12.2. The number of amides is 1. The number of carbonyl (C=O) groups excluding carboxylic acids is 1. The molecule has 1 aliphatic heterocycles. The van der Waals surface area contributed by atoms with Gasteiger partial charge in [-0.25, -0.2) is 4.68 Å². The van der Waals surface area contributed by atoms with E-state index in [1.54, 1.807) is 25.2 Å². The number of nitrogen functional groups attached to an aromatic ring is 1. The molecular formula is C15H19N5O. The van der Waals surface area contributed by atoms with Crippen molar-refractivity contribution in [3.63, 3.8) is 0 Å². The van der Waals surface area contributed by atoms with E-state index in [9.17, 15) is 4.79 Å². The standard InChI is InChI=1S/C15H19N5O/c1-19(2)15(21)12-9-18-20-13(6-7-17-14(12)20)10-4-3-5-11(16)8-10/h3-5,8-9,13,17H,6-7,16H2,1-2H3. The molecule has 1 unspecified atom stereocenters. The zero-order chi connectivity index (χ0) is 15.0. The van der Waals surface area contributed by atoms with E-state index in [0.29, 0.717) is 5.56 Å². The monoisotopic (exact) mass is 285 g/mol. The molecule has 0 spiro atoms. The van der Waals surface area contributed by atoms with Crippen molar-refractivity contribution in [1.29, 1.82) is 0 Å². The summed E-state index contributed by atoms with van der Waals surface area (Å²) in [6.07, 6.45) is 2.54. The minimum absolute atomic E-state index is 0.0445. The molecule has 0 fully saturated rings. The van der Waals surface area contributed by atoms with Gasteiger partial charge in [0.05, 0.1) is 12.2 Å². The highest BCUT2D eigenvalue weighted by molar-refractivity contribution is 5.98. The van der Waals surface area contributed by atoms with Crippen molar-refractivity contribution in [3.05, 3.63) is 41.6 Å². The van der Waals surface area contributed by atoms with Gasteiger partial charge in [-0.05, 0) is 24.1 Å². The summed E-state index contributed by atoms with van der Waals surface area (Å²) in [6.45, 7) is 0.804. The molecule has 1 amide bonds. The van der Waals surface area contributed by atoms with Crippen molar-refractivity contribution in [2.75, 3.05) is 31.7 Å². The second-order valence-corrected chi connectivity index (χ2v) is 5.45. The number of anilines is 2. The maximum atomic E-state index is 12.2. The van der Waals surface area contributed by atoms with Crippen LogP contribution in [0.3, 0.4) is 0 Å². The number of nitrogens with one attached hydrogen (secondary N) is 1. The molecule has 1 aromatic heterocycles. The number of hydrogen-bond donors (Lipinski definition) is 2. The van der Waals surface area contributed by atoms with Crippen molar-refractivity contribution in [1.82, 2.24) is 14.7 Å². The van der Waals surface area contributed by atoms with Crippen LogP contribution in [0.4, 0.5) is 11.5 Å². The first-order valence-corrected chi connectivity index (χ1v) is 6.96. The smallest absolute Gasteiger partial charge is 0.258 e. The Labute approximate surface area is 123 Å². The maximum absolute atomic E-state index is 12.2. The van der Waals surface area contributed by atoms with Gasteiger partial charge in [-0.3, -0.25) is 4.79 Å². The largest absolute Gasteiger partial charge is 0.399 e. The molecule has 110 valence electrons. The number of hydrogen-bond acceptors (Lipinski definition) is 4. The van der Waals surface area contributed by atoms with Gasteiger partial charge in [-0.2, -0.15) is 5.10 Å². The van der Waals surface area contributed by atoms with Crippen LogP contribution in [0, 0.1) is 0 Å². The topological polar surface area (TPSA) is 76.2 Å². The van der Waals surface area contributed by atoms with E-state index in [0.717, 1.165) is 30.0 Å². The van der Waals surface area contributed by atoms with Crippen molar-refractivity contribution in [2.24, 2.45) is 0 Å². The van der Waals surface area contributed by atoms with Crippen LogP contribution in [0.25, 0.3) is 0 Å². The molecule has 2 heterocycles. The lowest BCUT2D eigenvalue weighted by molar-refractivity contribution is 0.0828. The number of benzene rings is 1. The van der Waals surface area contributed by atoms with Gasteiger partial charge in [0.1, 0.15) is 11.4 Å². The van der Waals surface area contributed by atoms with Gasteiger partial charge < -0.3 is 16.0 Å². The molecule has 2 aromatic rings. The second kappa shape index (κ2) is 5.12. The van der Waals surface area contributed by atoms with Gasteiger partial charge in [-0.15, -0.1) is 0 Å². The number of nitrogens with zero attached hydrogens (tertiary/aromatic N) is 3. The Morgan fingerprint density at radius 3 is 3.00 bits per heavy atom. The summed E-state index contributed by atoms with van der Waals surface area (Å²) in [7, 11) is 3.48. The third-order valence-corrected chi connectivity index (χ3v) is 3.73. The fourth-order valence-electron chi connectivity index (χ4n) is 2.70. The highest BCUT2D eigenvalue weighted by Gasteiger charge is 2.27. The van der Waals surface area contributed by atoms with Crippen LogP contribution in [-0.2, 0) is 0 Å². The lowest BCUT2D eigenvalue weighted by Crippen LogP contribution is -2.27. The summed E-state index contributed by atoms with van der Waals surface area (Å²) in [4.78, 5) is 13.7. The fourth-order valence-corrected chi connectivity index (χ4v) is 2.70. The fraction of sp³-hybridized carbons (Fsp3) is 0.333. The van der Waals surface area contributed by atoms with Crippen LogP contribution < -0.4 is 11.1 Å². The Morgan fingerprint density at radius 2 is 2.29 bits per heavy atom. The van der Waals surface area contributed by atoms with E-state index in [2.05, 4.69) is 10.4 Å². The van der Waals surface area contributed by atoms with Gasteiger partial charge in [0, 0.05) is 26.3 Å². The molecule has 0 bridgehead atoms. The first kappa shape index (κ1) is 13.5. The Balaban J connectivity index is 2.02. The minimum atomic E-state index is -0.0445. The molecule has 0 radical (unpaired) electrons. The molecule has 1 aliphatic rings.